The third-order valence-electron chi connectivity index (χ3n) is 5.61. The maximum Gasteiger partial charge on any atom is 0.155 e. The first kappa shape index (κ1) is 15.8. The second-order valence-corrected chi connectivity index (χ2v) is 7.35. The summed E-state index contributed by atoms with van der Waals surface area (Å²) in [6.07, 6.45) is 14.0. The zero-order valence-electron chi connectivity index (χ0n) is 15.0. The summed E-state index contributed by atoms with van der Waals surface area (Å²) in [5.41, 5.74) is 3.10. The van der Waals surface area contributed by atoms with Crippen molar-refractivity contribution in [3.8, 4) is 11.3 Å². The molecule has 5 rings (SSSR count). The molecule has 2 aliphatic heterocycles. The predicted octanol–water partition coefficient (Wildman–Crippen LogP) is 2.51. The first-order valence-electron chi connectivity index (χ1n) is 9.73. The van der Waals surface area contributed by atoms with E-state index in [1.54, 1.807) is 0 Å². The van der Waals surface area contributed by atoms with E-state index in [9.17, 15) is 0 Å². The van der Waals surface area contributed by atoms with E-state index in [0.717, 1.165) is 61.6 Å². The van der Waals surface area contributed by atoms with Gasteiger partial charge in [0.25, 0.3) is 0 Å². The van der Waals surface area contributed by atoms with Crippen molar-refractivity contribution < 1.29 is 0 Å². The number of hydrogen-bond acceptors (Lipinski definition) is 5. The van der Waals surface area contributed by atoms with Crippen molar-refractivity contribution in [2.24, 2.45) is 0 Å². The van der Waals surface area contributed by atoms with Gasteiger partial charge < -0.3 is 10.2 Å². The molecule has 1 N–H and O–H groups in total. The standard InChI is InChI=1S/C19H25N7/c1-2-10-24(11-3-1)19-18-6-9-21-26(18)14-17(23-19)15-12-22-25(13-15)16-4-7-20-8-5-16/h6,9,12-14,16,20H,1-5,7-8,10-11H2. The summed E-state index contributed by atoms with van der Waals surface area (Å²) in [6.45, 7) is 4.28. The highest BCUT2D eigenvalue weighted by Crippen LogP contribution is 2.28. The van der Waals surface area contributed by atoms with Crippen LogP contribution in [0.5, 0.6) is 0 Å². The van der Waals surface area contributed by atoms with Crippen LogP contribution in [0.3, 0.4) is 0 Å². The van der Waals surface area contributed by atoms with Crippen LogP contribution >= 0.6 is 0 Å². The normalized spacial score (nSPS) is 19.3. The summed E-state index contributed by atoms with van der Waals surface area (Å²) in [7, 11) is 0. The van der Waals surface area contributed by atoms with E-state index < -0.39 is 0 Å². The molecule has 0 amide bonds. The van der Waals surface area contributed by atoms with E-state index in [1.807, 2.05) is 23.1 Å². The molecule has 26 heavy (non-hydrogen) atoms. The highest BCUT2D eigenvalue weighted by Gasteiger charge is 2.19. The smallest absolute Gasteiger partial charge is 0.155 e. The molecule has 7 heteroatoms. The van der Waals surface area contributed by atoms with E-state index in [1.165, 1.54) is 19.3 Å². The van der Waals surface area contributed by atoms with Gasteiger partial charge in [-0.15, -0.1) is 0 Å². The molecule has 0 atom stereocenters. The molecule has 3 aromatic heterocycles. The Bertz CT molecular complexity index is 884. The van der Waals surface area contributed by atoms with E-state index in [4.69, 9.17) is 4.98 Å². The van der Waals surface area contributed by atoms with Gasteiger partial charge in [0, 0.05) is 24.8 Å². The lowest BCUT2D eigenvalue weighted by Gasteiger charge is -2.28. The van der Waals surface area contributed by atoms with E-state index in [0.29, 0.717) is 6.04 Å². The van der Waals surface area contributed by atoms with Gasteiger partial charge in [-0.25, -0.2) is 9.50 Å². The summed E-state index contributed by atoms with van der Waals surface area (Å²) in [6, 6.07) is 2.54. The minimum atomic E-state index is 0.486. The largest absolute Gasteiger partial charge is 0.355 e. The van der Waals surface area contributed by atoms with Crippen LogP contribution in [0, 0.1) is 0 Å². The van der Waals surface area contributed by atoms with Crippen LogP contribution in [0.4, 0.5) is 5.82 Å². The van der Waals surface area contributed by atoms with Crippen molar-refractivity contribution >= 4 is 11.3 Å². The Morgan fingerprint density at radius 1 is 1.00 bits per heavy atom. The molecular weight excluding hydrogens is 326 g/mol. The lowest BCUT2D eigenvalue weighted by atomic mass is 10.1. The molecule has 0 bridgehead atoms. The fourth-order valence-corrected chi connectivity index (χ4v) is 4.13. The van der Waals surface area contributed by atoms with Gasteiger partial charge in [0.2, 0.25) is 0 Å². The zero-order valence-corrected chi connectivity index (χ0v) is 15.0. The van der Waals surface area contributed by atoms with Crippen LogP contribution in [-0.2, 0) is 0 Å². The van der Waals surface area contributed by atoms with Gasteiger partial charge in [-0.05, 0) is 51.3 Å². The summed E-state index contributed by atoms with van der Waals surface area (Å²) in [5.74, 6) is 1.05. The number of nitrogens with one attached hydrogen (secondary N) is 1. The van der Waals surface area contributed by atoms with Gasteiger partial charge in [0.1, 0.15) is 5.52 Å². The molecule has 0 saturated carbocycles. The minimum absolute atomic E-state index is 0.486. The zero-order chi connectivity index (χ0) is 17.3. The Morgan fingerprint density at radius 2 is 1.85 bits per heavy atom. The monoisotopic (exact) mass is 351 g/mol. The van der Waals surface area contributed by atoms with Crippen LogP contribution in [-0.4, -0.2) is 50.6 Å². The van der Waals surface area contributed by atoms with Crippen molar-refractivity contribution in [1.29, 1.82) is 0 Å². The molecule has 136 valence electrons. The highest BCUT2D eigenvalue weighted by atomic mass is 15.3. The van der Waals surface area contributed by atoms with Crippen LogP contribution in [0.1, 0.15) is 38.1 Å². The van der Waals surface area contributed by atoms with Crippen molar-refractivity contribution in [2.45, 2.75) is 38.1 Å². The average molecular weight is 351 g/mol. The third-order valence-corrected chi connectivity index (χ3v) is 5.61. The van der Waals surface area contributed by atoms with Crippen molar-refractivity contribution in [2.75, 3.05) is 31.1 Å². The second-order valence-electron chi connectivity index (χ2n) is 7.35. The molecule has 0 unspecified atom stereocenters. The van der Waals surface area contributed by atoms with Crippen LogP contribution in [0.25, 0.3) is 16.8 Å². The number of aromatic nitrogens is 5. The quantitative estimate of drug-likeness (QED) is 0.785. The van der Waals surface area contributed by atoms with Gasteiger partial charge in [-0.2, -0.15) is 10.2 Å². The Morgan fingerprint density at radius 3 is 2.69 bits per heavy atom. The van der Waals surface area contributed by atoms with E-state index in [2.05, 4.69) is 37.4 Å². The Hall–Kier alpha value is -2.41. The molecule has 7 nitrogen and oxygen atoms in total. The third kappa shape index (κ3) is 2.86. The summed E-state index contributed by atoms with van der Waals surface area (Å²) < 4.78 is 4.07. The molecule has 5 heterocycles. The van der Waals surface area contributed by atoms with Gasteiger partial charge in [0.15, 0.2) is 5.82 Å². The minimum Gasteiger partial charge on any atom is -0.355 e. The van der Waals surface area contributed by atoms with E-state index >= 15 is 0 Å². The van der Waals surface area contributed by atoms with Gasteiger partial charge in [-0.3, -0.25) is 4.68 Å². The lowest BCUT2D eigenvalue weighted by Crippen LogP contribution is -2.30. The molecule has 0 radical (unpaired) electrons. The summed E-state index contributed by atoms with van der Waals surface area (Å²) in [5, 5.41) is 12.5. The number of piperidine rings is 2. The van der Waals surface area contributed by atoms with Crippen LogP contribution in [0.2, 0.25) is 0 Å². The SMILES string of the molecule is c1cc2c(N3CCCCC3)nc(-c3cnn(C4CCNCC4)c3)cn2n1. The molecular formula is C19H25N7. The first-order chi connectivity index (χ1) is 12.9. The fraction of sp³-hybridized carbons (Fsp3) is 0.526. The fourth-order valence-electron chi connectivity index (χ4n) is 4.13. The molecule has 2 fully saturated rings. The van der Waals surface area contributed by atoms with Crippen molar-refractivity contribution in [1.82, 2.24) is 29.7 Å². The van der Waals surface area contributed by atoms with Crippen LogP contribution in [0.15, 0.2) is 30.9 Å². The maximum absolute atomic E-state index is 5.02. The predicted molar refractivity (Wildman–Crippen MR) is 101 cm³/mol. The van der Waals surface area contributed by atoms with Crippen molar-refractivity contribution in [3.63, 3.8) is 0 Å². The average Bonchev–Trinajstić information content (AvgIpc) is 3.38. The molecule has 0 spiro atoms. The highest BCUT2D eigenvalue weighted by molar-refractivity contribution is 5.72. The number of anilines is 1. The molecule has 2 aliphatic rings. The van der Waals surface area contributed by atoms with Gasteiger partial charge >= 0.3 is 0 Å². The molecule has 0 aromatic carbocycles. The Labute approximate surface area is 153 Å². The molecule has 3 aromatic rings. The second kappa shape index (κ2) is 6.72. The van der Waals surface area contributed by atoms with Gasteiger partial charge in [-0.1, -0.05) is 0 Å². The van der Waals surface area contributed by atoms with E-state index in [-0.39, 0.29) is 0 Å². The Balaban J connectivity index is 1.51. The van der Waals surface area contributed by atoms with Crippen LogP contribution < -0.4 is 10.2 Å². The molecule has 2 saturated heterocycles. The summed E-state index contributed by atoms with van der Waals surface area (Å²) >= 11 is 0. The maximum atomic E-state index is 5.02. The Kier molecular flexibility index (Phi) is 4.09. The molecule has 0 aliphatic carbocycles. The number of fused-ring (bicyclic) bond motifs is 1. The topological polar surface area (TPSA) is 63.3 Å². The number of hydrogen-bond donors (Lipinski definition) is 1. The number of nitrogens with zero attached hydrogens (tertiary/aromatic N) is 6. The summed E-state index contributed by atoms with van der Waals surface area (Å²) in [4.78, 5) is 7.43. The van der Waals surface area contributed by atoms with Gasteiger partial charge in [0.05, 0.1) is 30.3 Å². The number of rotatable bonds is 3. The first-order valence-corrected chi connectivity index (χ1v) is 9.73. The van der Waals surface area contributed by atoms with Crippen molar-refractivity contribution in [3.05, 3.63) is 30.9 Å². The lowest BCUT2D eigenvalue weighted by molar-refractivity contribution is 0.343.